The van der Waals surface area contributed by atoms with Crippen molar-refractivity contribution >= 4 is 17.7 Å². The van der Waals surface area contributed by atoms with E-state index in [1.807, 2.05) is 0 Å². The molecule has 3 aliphatic carbocycles. The molecular formula is C22H32O5. The summed E-state index contributed by atoms with van der Waals surface area (Å²) in [5.41, 5.74) is -0.191. The van der Waals surface area contributed by atoms with Crippen LogP contribution >= 0.6 is 0 Å². The lowest BCUT2D eigenvalue weighted by molar-refractivity contribution is -0.237. The maximum Gasteiger partial charge on any atom is 0.333 e. The van der Waals surface area contributed by atoms with Gasteiger partial charge in [0.05, 0.1) is 0 Å². The van der Waals surface area contributed by atoms with E-state index in [0.29, 0.717) is 18.4 Å². The maximum absolute atomic E-state index is 13.0. The van der Waals surface area contributed by atoms with E-state index in [4.69, 9.17) is 9.47 Å². The van der Waals surface area contributed by atoms with Gasteiger partial charge in [0, 0.05) is 42.1 Å². The van der Waals surface area contributed by atoms with Crippen LogP contribution in [0.1, 0.15) is 61.3 Å². The number of hydrogen-bond acceptors (Lipinski definition) is 5. The Kier molecular flexibility index (Phi) is 4.80. The van der Waals surface area contributed by atoms with Crippen LogP contribution < -0.4 is 0 Å². The number of esters is 2. The second-order valence-corrected chi connectivity index (χ2v) is 9.56. The molecule has 3 rings (SSSR count). The minimum absolute atomic E-state index is 0.141. The van der Waals surface area contributed by atoms with Crippen LogP contribution in [-0.4, -0.2) is 29.9 Å². The molecule has 5 nitrogen and oxygen atoms in total. The van der Waals surface area contributed by atoms with Crippen LogP contribution in [0.4, 0.5) is 0 Å². The third-order valence-corrected chi connectivity index (χ3v) is 7.74. The smallest absolute Gasteiger partial charge is 0.333 e. The molecule has 150 valence electrons. The molecule has 0 spiro atoms. The van der Waals surface area contributed by atoms with Gasteiger partial charge >= 0.3 is 11.9 Å². The molecule has 7 atom stereocenters. The normalized spacial score (nSPS) is 42.6. The topological polar surface area (TPSA) is 69.7 Å². The van der Waals surface area contributed by atoms with Gasteiger partial charge in [-0.25, -0.2) is 4.79 Å². The van der Waals surface area contributed by atoms with E-state index < -0.39 is 11.5 Å². The maximum atomic E-state index is 13.0. The fourth-order valence-electron chi connectivity index (χ4n) is 6.34. The van der Waals surface area contributed by atoms with E-state index in [1.54, 1.807) is 19.9 Å². The third kappa shape index (κ3) is 2.76. The van der Waals surface area contributed by atoms with Crippen LogP contribution in [0.15, 0.2) is 11.6 Å². The first-order valence-electron chi connectivity index (χ1n) is 10.00. The number of carbonyl (C=O) groups excluding carboxylic acids is 3. The van der Waals surface area contributed by atoms with E-state index in [-0.39, 0.29) is 52.9 Å². The standard InChI is InChI=1S/C22H32O5/c1-8-11(2)20(25)27-16-10-15(26-13(4)23)21(5,6)19-17-12(3)9-14(24)18(19)22(16,17)7/h8,12,15-19H,9-10H2,1-7H3. The Morgan fingerprint density at radius 3 is 2.22 bits per heavy atom. The van der Waals surface area contributed by atoms with Crippen molar-refractivity contribution in [2.24, 2.45) is 34.5 Å². The number of fused-ring (bicyclic) bond motifs is 1. The van der Waals surface area contributed by atoms with Crippen molar-refractivity contribution in [1.29, 1.82) is 0 Å². The molecule has 5 heteroatoms. The lowest BCUT2D eigenvalue weighted by Crippen LogP contribution is -2.70. The summed E-state index contributed by atoms with van der Waals surface area (Å²) in [6.45, 7) is 13.4. The van der Waals surface area contributed by atoms with E-state index in [9.17, 15) is 14.4 Å². The summed E-state index contributed by atoms with van der Waals surface area (Å²) in [5.74, 6) is 0.0880. The van der Waals surface area contributed by atoms with E-state index in [2.05, 4.69) is 27.7 Å². The van der Waals surface area contributed by atoms with E-state index in [1.165, 1.54) is 6.92 Å². The van der Waals surface area contributed by atoms with Crippen LogP contribution in [-0.2, 0) is 23.9 Å². The number of carbonyl (C=O) groups is 3. The van der Waals surface area contributed by atoms with Gasteiger partial charge in [0.15, 0.2) is 0 Å². The van der Waals surface area contributed by atoms with Gasteiger partial charge in [-0.3, -0.25) is 9.59 Å². The second kappa shape index (κ2) is 6.46. The fraction of sp³-hybridized carbons (Fsp3) is 0.773. The van der Waals surface area contributed by atoms with Crippen LogP contribution in [0.2, 0.25) is 0 Å². The van der Waals surface area contributed by atoms with Crippen molar-refractivity contribution in [2.75, 3.05) is 0 Å². The number of Topliss-reactive ketones (excluding diaryl/α,β-unsaturated/α-hetero) is 1. The second-order valence-electron chi connectivity index (χ2n) is 9.56. The molecule has 3 fully saturated rings. The number of allylic oxidation sites excluding steroid dienone is 1. The summed E-state index contributed by atoms with van der Waals surface area (Å²) in [7, 11) is 0. The SMILES string of the molecule is CC=C(C)C(=O)OC1CC(OC(C)=O)C(C)(C)C2C3C(=O)CC(C)C2C13C. The molecule has 4 bridgehead atoms. The molecule has 7 unspecified atom stereocenters. The van der Waals surface area contributed by atoms with Crippen molar-refractivity contribution in [3.63, 3.8) is 0 Å². The summed E-state index contributed by atoms with van der Waals surface area (Å²) in [6, 6.07) is 0. The van der Waals surface area contributed by atoms with Gasteiger partial charge in [-0.15, -0.1) is 0 Å². The number of ether oxygens (including phenoxy) is 2. The number of hydrogen-bond donors (Lipinski definition) is 0. The number of ketones is 1. The summed E-state index contributed by atoms with van der Waals surface area (Å²) < 4.78 is 11.7. The zero-order valence-electron chi connectivity index (χ0n) is 17.5. The average molecular weight is 376 g/mol. The predicted octanol–water partition coefficient (Wildman–Crippen LogP) is 3.70. The molecule has 0 N–H and O–H groups in total. The molecule has 0 radical (unpaired) electrons. The molecule has 0 aromatic rings. The largest absolute Gasteiger partial charge is 0.462 e. The number of rotatable bonds is 3. The molecule has 3 aliphatic rings. The molecule has 0 aromatic carbocycles. The van der Waals surface area contributed by atoms with Crippen LogP contribution in [0.25, 0.3) is 0 Å². The van der Waals surface area contributed by atoms with Crippen molar-refractivity contribution in [3.8, 4) is 0 Å². The molecule has 27 heavy (non-hydrogen) atoms. The van der Waals surface area contributed by atoms with Crippen molar-refractivity contribution in [1.82, 2.24) is 0 Å². The van der Waals surface area contributed by atoms with Gasteiger partial charge < -0.3 is 9.47 Å². The van der Waals surface area contributed by atoms with Crippen molar-refractivity contribution < 1.29 is 23.9 Å². The predicted molar refractivity (Wildman–Crippen MR) is 101 cm³/mol. The van der Waals surface area contributed by atoms with Gasteiger partial charge in [0.2, 0.25) is 0 Å². The summed E-state index contributed by atoms with van der Waals surface area (Å²) >= 11 is 0. The summed E-state index contributed by atoms with van der Waals surface area (Å²) in [6.07, 6.45) is 1.94. The zero-order valence-corrected chi connectivity index (χ0v) is 17.5. The van der Waals surface area contributed by atoms with Crippen molar-refractivity contribution in [2.45, 2.75) is 73.5 Å². The Morgan fingerprint density at radius 2 is 1.70 bits per heavy atom. The molecule has 0 aliphatic heterocycles. The van der Waals surface area contributed by atoms with Crippen LogP contribution in [0, 0.1) is 34.5 Å². The van der Waals surface area contributed by atoms with Crippen LogP contribution in [0.5, 0.6) is 0 Å². The lowest BCUT2D eigenvalue weighted by Gasteiger charge is -2.68. The van der Waals surface area contributed by atoms with E-state index in [0.717, 1.165) is 0 Å². The van der Waals surface area contributed by atoms with Gasteiger partial charge in [-0.05, 0) is 31.6 Å². The van der Waals surface area contributed by atoms with Gasteiger partial charge in [-0.2, -0.15) is 0 Å². The van der Waals surface area contributed by atoms with E-state index >= 15 is 0 Å². The first-order chi connectivity index (χ1) is 12.5. The summed E-state index contributed by atoms with van der Waals surface area (Å²) in [5, 5.41) is 0. The third-order valence-electron chi connectivity index (χ3n) is 7.74. The molecule has 0 aromatic heterocycles. The Labute approximate surface area is 161 Å². The highest BCUT2D eigenvalue weighted by molar-refractivity contribution is 5.88. The Bertz CT molecular complexity index is 705. The zero-order chi connectivity index (χ0) is 20.3. The van der Waals surface area contributed by atoms with Gasteiger partial charge in [0.1, 0.15) is 18.0 Å². The highest BCUT2D eigenvalue weighted by Gasteiger charge is 2.75. The monoisotopic (exact) mass is 376 g/mol. The fourth-order valence-corrected chi connectivity index (χ4v) is 6.34. The first kappa shape index (κ1) is 20.1. The minimum atomic E-state index is -0.441. The highest BCUT2D eigenvalue weighted by Crippen LogP contribution is 2.73. The van der Waals surface area contributed by atoms with Crippen LogP contribution in [0.3, 0.4) is 0 Å². The first-order valence-corrected chi connectivity index (χ1v) is 10.00. The molecule has 0 heterocycles. The molecular weight excluding hydrogens is 344 g/mol. The average Bonchev–Trinajstić information content (AvgIpc) is 2.66. The molecule has 3 saturated carbocycles. The molecule has 0 amide bonds. The summed E-state index contributed by atoms with van der Waals surface area (Å²) in [4.78, 5) is 37.3. The lowest BCUT2D eigenvalue weighted by atomic mass is 9.35. The van der Waals surface area contributed by atoms with Gasteiger partial charge in [0.25, 0.3) is 0 Å². The minimum Gasteiger partial charge on any atom is -0.462 e. The van der Waals surface area contributed by atoms with Gasteiger partial charge in [-0.1, -0.05) is 33.8 Å². The Balaban J connectivity index is 2.06. The quantitative estimate of drug-likeness (QED) is 0.555. The van der Waals surface area contributed by atoms with Crippen molar-refractivity contribution in [3.05, 3.63) is 11.6 Å². The Hall–Kier alpha value is -1.65. The Morgan fingerprint density at radius 1 is 1.07 bits per heavy atom. The highest BCUT2D eigenvalue weighted by atomic mass is 16.6. The molecule has 0 saturated heterocycles.